The third-order valence-electron chi connectivity index (χ3n) is 4.68. The minimum atomic E-state index is 0.0141. The molecule has 0 spiro atoms. The van der Waals surface area contributed by atoms with Crippen LogP contribution in [0.4, 0.5) is 0 Å². The lowest BCUT2D eigenvalue weighted by atomic mass is 10.1. The standard InChI is InChI=1S/C18H29N5O/c1-4-22-14-19-20-18(22)17-13-21(10-11-24-17)12-16-6-5-8-23(16)9-7-15(2)3/h5-6,8,14-15,17H,4,7,9-13H2,1-3H3. The topological polar surface area (TPSA) is 48.1 Å². The summed E-state index contributed by atoms with van der Waals surface area (Å²) in [6.07, 6.45) is 5.21. The minimum absolute atomic E-state index is 0.0141. The predicted octanol–water partition coefficient (Wildman–Crippen LogP) is 2.72. The van der Waals surface area contributed by atoms with E-state index < -0.39 is 0 Å². The van der Waals surface area contributed by atoms with Gasteiger partial charge in [0.2, 0.25) is 0 Å². The number of aromatic nitrogens is 4. The van der Waals surface area contributed by atoms with Crippen LogP contribution in [-0.4, -0.2) is 43.9 Å². The van der Waals surface area contributed by atoms with Crippen molar-refractivity contribution in [3.05, 3.63) is 36.2 Å². The second kappa shape index (κ2) is 7.94. The Bertz CT molecular complexity index is 633. The van der Waals surface area contributed by atoms with Gasteiger partial charge in [-0.25, -0.2) is 0 Å². The van der Waals surface area contributed by atoms with Gasteiger partial charge in [0.25, 0.3) is 0 Å². The van der Waals surface area contributed by atoms with Crippen LogP contribution in [0.3, 0.4) is 0 Å². The molecule has 1 unspecified atom stereocenters. The first kappa shape index (κ1) is 17.2. The Morgan fingerprint density at radius 3 is 3.00 bits per heavy atom. The zero-order valence-electron chi connectivity index (χ0n) is 15.1. The van der Waals surface area contributed by atoms with Gasteiger partial charge in [-0.05, 0) is 31.4 Å². The minimum Gasteiger partial charge on any atom is -0.368 e. The van der Waals surface area contributed by atoms with E-state index in [0.29, 0.717) is 0 Å². The van der Waals surface area contributed by atoms with Crippen molar-refractivity contribution in [2.24, 2.45) is 5.92 Å². The van der Waals surface area contributed by atoms with Gasteiger partial charge in [0.15, 0.2) is 5.82 Å². The van der Waals surface area contributed by atoms with Crippen molar-refractivity contribution < 1.29 is 4.74 Å². The molecule has 0 aliphatic carbocycles. The molecule has 1 saturated heterocycles. The fourth-order valence-corrected chi connectivity index (χ4v) is 3.20. The Kier molecular flexibility index (Phi) is 5.68. The number of ether oxygens (including phenoxy) is 1. The average molecular weight is 331 g/mol. The molecule has 0 radical (unpaired) electrons. The molecule has 2 aromatic heterocycles. The number of aryl methyl sites for hydroxylation is 2. The van der Waals surface area contributed by atoms with E-state index in [1.165, 1.54) is 12.1 Å². The monoisotopic (exact) mass is 331 g/mol. The molecule has 0 N–H and O–H groups in total. The van der Waals surface area contributed by atoms with E-state index in [0.717, 1.165) is 51.1 Å². The molecule has 0 bridgehead atoms. The van der Waals surface area contributed by atoms with Gasteiger partial charge < -0.3 is 13.9 Å². The summed E-state index contributed by atoms with van der Waals surface area (Å²) in [5.74, 6) is 1.67. The number of hydrogen-bond acceptors (Lipinski definition) is 4. The van der Waals surface area contributed by atoms with E-state index >= 15 is 0 Å². The summed E-state index contributed by atoms with van der Waals surface area (Å²) in [4.78, 5) is 2.46. The Hall–Kier alpha value is -1.66. The Morgan fingerprint density at radius 2 is 2.21 bits per heavy atom. The molecule has 0 amide bonds. The number of hydrogen-bond donors (Lipinski definition) is 0. The predicted molar refractivity (Wildman–Crippen MR) is 93.6 cm³/mol. The molecule has 3 rings (SSSR count). The average Bonchev–Trinajstić information content (AvgIpc) is 3.22. The van der Waals surface area contributed by atoms with Crippen LogP contribution in [0, 0.1) is 5.92 Å². The molecule has 0 aromatic carbocycles. The molecule has 24 heavy (non-hydrogen) atoms. The van der Waals surface area contributed by atoms with E-state index in [1.54, 1.807) is 6.33 Å². The maximum absolute atomic E-state index is 5.95. The van der Waals surface area contributed by atoms with E-state index in [9.17, 15) is 0 Å². The molecular formula is C18H29N5O. The third-order valence-corrected chi connectivity index (χ3v) is 4.68. The zero-order valence-corrected chi connectivity index (χ0v) is 15.1. The van der Waals surface area contributed by atoms with E-state index in [2.05, 4.69) is 63.3 Å². The van der Waals surface area contributed by atoms with Crippen LogP contribution >= 0.6 is 0 Å². The maximum atomic E-state index is 5.95. The van der Waals surface area contributed by atoms with E-state index in [4.69, 9.17) is 4.74 Å². The molecule has 2 aromatic rings. The van der Waals surface area contributed by atoms with Gasteiger partial charge in [0.05, 0.1) is 6.61 Å². The highest BCUT2D eigenvalue weighted by molar-refractivity contribution is 5.07. The summed E-state index contributed by atoms with van der Waals surface area (Å²) in [5, 5.41) is 8.30. The molecule has 132 valence electrons. The lowest BCUT2D eigenvalue weighted by molar-refractivity contribution is -0.0395. The van der Waals surface area contributed by atoms with Crippen molar-refractivity contribution in [2.45, 2.75) is 52.9 Å². The van der Waals surface area contributed by atoms with Crippen molar-refractivity contribution in [3.8, 4) is 0 Å². The third kappa shape index (κ3) is 4.05. The van der Waals surface area contributed by atoms with E-state index in [-0.39, 0.29) is 6.10 Å². The van der Waals surface area contributed by atoms with Crippen LogP contribution in [0.1, 0.15) is 44.8 Å². The SMILES string of the molecule is CCn1cnnc1C1CN(Cc2cccn2CCC(C)C)CCO1. The van der Waals surface area contributed by atoms with Crippen LogP contribution in [0.25, 0.3) is 0 Å². The summed E-state index contributed by atoms with van der Waals surface area (Å²) < 4.78 is 10.4. The summed E-state index contributed by atoms with van der Waals surface area (Å²) in [5.41, 5.74) is 1.38. The van der Waals surface area contributed by atoms with E-state index in [1.807, 2.05) is 0 Å². The first-order valence-corrected chi connectivity index (χ1v) is 9.03. The fourth-order valence-electron chi connectivity index (χ4n) is 3.20. The Morgan fingerprint density at radius 1 is 1.33 bits per heavy atom. The molecule has 1 atom stereocenters. The number of morpholine rings is 1. The number of rotatable bonds is 7. The molecule has 6 heteroatoms. The highest BCUT2D eigenvalue weighted by Crippen LogP contribution is 2.22. The van der Waals surface area contributed by atoms with Crippen LogP contribution in [0.15, 0.2) is 24.7 Å². The molecule has 1 fully saturated rings. The highest BCUT2D eigenvalue weighted by atomic mass is 16.5. The smallest absolute Gasteiger partial charge is 0.163 e. The summed E-state index contributed by atoms with van der Waals surface area (Å²) >= 11 is 0. The van der Waals surface area contributed by atoms with Gasteiger partial charge in [-0.15, -0.1) is 10.2 Å². The zero-order chi connectivity index (χ0) is 16.9. The first-order valence-electron chi connectivity index (χ1n) is 9.03. The van der Waals surface area contributed by atoms with Gasteiger partial charge in [0.1, 0.15) is 12.4 Å². The lowest BCUT2D eigenvalue weighted by Gasteiger charge is -2.32. The summed E-state index contributed by atoms with van der Waals surface area (Å²) in [7, 11) is 0. The largest absolute Gasteiger partial charge is 0.368 e. The van der Waals surface area contributed by atoms with Crippen molar-refractivity contribution in [3.63, 3.8) is 0 Å². The van der Waals surface area contributed by atoms with Gasteiger partial charge in [-0.3, -0.25) is 4.90 Å². The lowest BCUT2D eigenvalue weighted by Crippen LogP contribution is -2.39. The van der Waals surface area contributed by atoms with Crippen molar-refractivity contribution in [1.29, 1.82) is 0 Å². The molecular weight excluding hydrogens is 302 g/mol. The molecule has 1 aliphatic rings. The van der Waals surface area contributed by atoms with Crippen molar-refractivity contribution in [2.75, 3.05) is 19.7 Å². The number of nitrogens with zero attached hydrogens (tertiary/aromatic N) is 5. The van der Waals surface area contributed by atoms with Gasteiger partial charge in [0, 0.05) is 44.6 Å². The first-order chi connectivity index (χ1) is 11.7. The van der Waals surface area contributed by atoms with Crippen LogP contribution < -0.4 is 0 Å². The van der Waals surface area contributed by atoms with Crippen molar-refractivity contribution >= 4 is 0 Å². The normalized spacial score (nSPS) is 19.2. The summed E-state index contributed by atoms with van der Waals surface area (Å²) in [6.45, 7) is 12.2. The molecule has 0 saturated carbocycles. The van der Waals surface area contributed by atoms with Gasteiger partial charge in [-0.1, -0.05) is 13.8 Å². The molecule has 3 heterocycles. The van der Waals surface area contributed by atoms with Crippen molar-refractivity contribution in [1.82, 2.24) is 24.2 Å². The van der Waals surface area contributed by atoms with Gasteiger partial charge in [-0.2, -0.15) is 0 Å². The second-order valence-electron chi connectivity index (χ2n) is 6.95. The van der Waals surface area contributed by atoms with Crippen LogP contribution in [-0.2, 0) is 24.4 Å². The Labute approximate surface area is 144 Å². The van der Waals surface area contributed by atoms with Crippen LogP contribution in [0.5, 0.6) is 0 Å². The highest BCUT2D eigenvalue weighted by Gasteiger charge is 2.26. The summed E-state index contributed by atoms with van der Waals surface area (Å²) in [6, 6.07) is 4.39. The van der Waals surface area contributed by atoms with Crippen LogP contribution in [0.2, 0.25) is 0 Å². The molecule has 6 nitrogen and oxygen atoms in total. The fraction of sp³-hybridized carbons (Fsp3) is 0.667. The Balaban J connectivity index is 1.63. The van der Waals surface area contributed by atoms with Gasteiger partial charge >= 0.3 is 0 Å². The maximum Gasteiger partial charge on any atom is 0.163 e. The molecule has 1 aliphatic heterocycles. The quantitative estimate of drug-likeness (QED) is 0.783. The second-order valence-corrected chi connectivity index (χ2v) is 6.95.